The van der Waals surface area contributed by atoms with Gasteiger partial charge in [0, 0.05) is 6.54 Å². The highest BCUT2D eigenvalue weighted by Gasteiger charge is 2.09. The molecule has 7 N–H and O–H groups in total. The van der Waals surface area contributed by atoms with Crippen molar-refractivity contribution in [1.29, 1.82) is 0 Å². The number of nitrogens with two attached hydrogens (primary N) is 3. The van der Waals surface area contributed by atoms with Crippen LogP contribution < -0.4 is 17.2 Å². The number of nitrogens with zero attached hydrogens (tertiary/aromatic N) is 1. The van der Waals surface area contributed by atoms with Gasteiger partial charge in [0.2, 0.25) is 0 Å². The molecule has 0 aliphatic carbocycles. The van der Waals surface area contributed by atoms with Crippen LogP contribution in [0.5, 0.6) is 0 Å². The highest BCUT2D eigenvalue weighted by molar-refractivity contribution is 7.89. The van der Waals surface area contributed by atoms with Crippen LogP contribution in [0.4, 0.5) is 0 Å². The number of hydrogen-bond donors (Lipinski definition) is 6. The lowest BCUT2D eigenvalue weighted by atomic mass is 10.2. The zero-order valence-electron chi connectivity index (χ0n) is 8.04. The molecule has 1 atom stereocenters. The fourth-order valence-electron chi connectivity index (χ4n) is 0.643. The first kappa shape index (κ1) is 16.8. The number of hydrogen-bond acceptors (Lipinski definition) is 6. The fraction of sp³-hybridized carbons (Fsp3) is 0.667. The second-order valence-corrected chi connectivity index (χ2v) is 3.13. The Kier molecular flexibility index (Phi) is 12.8. The van der Waals surface area contributed by atoms with E-state index in [0.29, 0.717) is 19.4 Å². The minimum absolute atomic E-state index is 0.0129. The Morgan fingerprint density at radius 1 is 1.47 bits per heavy atom. The largest absolute Gasteiger partial charge is 0.480 e. The standard InChI is InChI=1S/C6H14N4O2.H2OS2/c7-4(5(11)12)2-1-3-10-6(8)9;2-1-3/h4H,1-3,7H2,(H,11,12)(H4,8,9,10);2-3H. The normalized spacial score (nSPS) is 10.9. The Hall–Kier alpha value is -0.640. The van der Waals surface area contributed by atoms with Crippen LogP contribution in [-0.2, 0) is 8.42 Å². The van der Waals surface area contributed by atoms with Gasteiger partial charge in [-0.3, -0.25) is 13.4 Å². The van der Waals surface area contributed by atoms with Gasteiger partial charge in [-0.15, -0.1) is 0 Å². The van der Waals surface area contributed by atoms with Crippen molar-refractivity contribution >= 4 is 37.7 Å². The lowest BCUT2D eigenvalue weighted by Crippen LogP contribution is -2.30. The summed E-state index contributed by atoms with van der Waals surface area (Å²) in [6, 6.07) is -0.820. The molecule has 0 aliphatic heterocycles. The molecule has 0 bridgehead atoms. The summed E-state index contributed by atoms with van der Waals surface area (Å²) in [5, 5.41) is 8.38. The third kappa shape index (κ3) is 16.1. The summed E-state index contributed by atoms with van der Waals surface area (Å²) in [7, 11) is 0. The molecular weight excluding hydrogens is 240 g/mol. The third-order valence-electron chi connectivity index (χ3n) is 1.28. The van der Waals surface area contributed by atoms with Crippen LogP contribution in [0.25, 0.3) is 0 Å². The average molecular weight is 256 g/mol. The summed E-state index contributed by atoms with van der Waals surface area (Å²) in [4.78, 5) is 13.9. The Labute approximate surface area is 99.3 Å². The average Bonchev–Trinajstić information content (AvgIpc) is 2.12. The van der Waals surface area contributed by atoms with E-state index in [9.17, 15) is 4.79 Å². The summed E-state index contributed by atoms with van der Waals surface area (Å²) in [5.74, 6) is -0.987. The molecule has 0 aromatic heterocycles. The second-order valence-electron chi connectivity index (χ2n) is 2.48. The molecule has 0 radical (unpaired) electrons. The molecule has 0 fully saturated rings. The maximum absolute atomic E-state index is 10.2. The van der Waals surface area contributed by atoms with Crippen LogP contribution in [0.1, 0.15) is 12.8 Å². The van der Waals surface area contributed by atoms with Crippen LogP contribution >= 0.6 is 25.8 Å². The Bertz CT molecular complexity index is 199. The maximum Gasteiger partial charge on any atom is 0.320 e. The van der Waals surface area contributed by atoms with Gasteiger partial charge in [0.25, 0.3) is 0 Å². The lowest BCUT2D eigenvalue weighted by molar-refractivity contribution is -0.138. The summed E-state index contributed by atoms with van der Waals surface area (Å²) in [5.41, 5.74) is 15.3. The van der Waals surface area contributed by atoms with Crippen molar-refractivity contribution in [3.8, 4) is 0 Å². The van der Waals surface area contributed by atoms with Crippen LogP contribution in [-0.4, -0.2) is 29.6 Å². The van der Waals surface area contributed by atoms with Gasteiger partial charge in [0.1, 0.15) is 6.04 Å². The summed E-state index contributed by atoms with van der Waals surface area (Å²) < 4.78 is 3.64. The SMILES string of the molecule is NC(N)=NCCCC(N)C(=O)O.SOS. The molecular formula is C6H16N4O3S2. The van der Waals surface area contributed by atoms with Gasteiger partial charge in [-0.1, -0.05) is 0 Å². The van der Waals surface area contributed by atoms with Gasteiger partial charge < -0.3 is 22.3 Å². The smallest absolute Gasteiger partial charge is 0.320 e. The van der Waals surface area contributed by atoms with E-state index < -0.39 is 12.0 Å². The molecule has 90 valence electrons. The Balaban J connectivity index is 0. The van der Waals surface area contributed by atoms with Crippen molar-refractivity contribution < 1.29 is 13.5 Å². The highest BCUT2D eigenvalue weighted by Crippen LogP contribution is 1.94. The van der Waals surface area contributed by atoms with Crippen LogP contribution in [0.2, 0.25) is 0 Å². The van der Waals surface area contributed by atoms with Crippen molar-refractivity contribution in [3.63, 3.8) is 0 Å². The number of carboxylic acid groups (broad SMARTS) is 1. The number of aliphatic carboxylic acids is 1. The van der Waals surface area contributed by atoms with Gasteiger partial charge in [0.05, 0.1) is 0 Å². The minimum Gasteiger partial charge on any atom is -0.480 e. The molecule has 0 saturated carbocycles. The number of carboxylic acids is 1. The molecule has 0 aromatic rings. The van der Waals surface area contributed by atoms with Gasteiger partial charge >= 0.3 is 5.97 Å². The van der Waals surface area contributed by atoms with E-state index in [0.717, 1.165) is 0 Å². The zero-order valence-corrected chi connectivity index (χ0v) is 9.82. The topological polar surface area (TPSA) is 137 Å². The molecule has 15 heavy (non-hydrogen) atoms. The molecule has 0 aromatic carbocycles. The van der Waals surface area contributed by atoms with Crippen molar-refractivity contribution in [3.05, 3.63) is 0 Å². The van der Waals surface area contributed by atoms with Crippen LogP contribution in [0.15, 0.2) is 4.99 Å². The van der Waals surface area contributed by atoms with Crippen molar-refractivity contribution in [2.45, 2.75) is 18.9 Å². The van der Waals surface area contributed by atoms with Crippen molar-refractivity contribution in [2.24, 2.45) is 22.2 Å². The zero-order chi connectivity index (χ0) is 12.3. The van der Waals surface area contributed by atoms with E-state index in [2.05, 4.69) is 34.4 Å². The quantitative estimate of drug-likeness (QED) is 0.124. The van der Waals surface area contributed by atoms with Gasteiger partial charge in [-0.2, -0.15) is 0 Å². The highest BCUT2D eigenvalue weighted by atomic mass is 32.2. The third-order valence-corrected chi connectivity index (χ3v) is 1.28. The molecule has 0 rings (SSSR count). The van der Waals surface area contributed by atoms with E-state index in [-0.39, 0.29) is 5.96 Å². The molecule has 0 aliphatic rings. The fourth-order valence-corrected chi connectivity index (χ4v) is 0.643. The number of carbonyl (C=O) groups is 1. The Morgan fingerprint density at radius 2 is 1.93 bits per heavy atom. The molecule has 0 heterocycles. The number of guanidine groups is 1. The molecule has 7 nitrogen and oxygen atoms in total. The molecule has 9 heteroatoms. The number of rotatable bonds is 5. The lowest BCUT2D eigenvalue weighted by Gasteiger charge is -2.03. The summed E-state index contributed by atoms with van der Waals surface area (Å²) in [6.45, 7) is 0.420. The monoisotopic (exact) mass is 256 g/mol. The van der Waals surface area contributed by atoms with E-state index >= 15 is 0 Å². The summed E-state index contributed by atoms with van der Waals surface area (Å²) in [6.07, 6.45) is 0.956. The van der Waals surface area contributed by atoms with Gasteiger partial charge in [-0.25, -0.2) is 0 Å². The van der Waals surface area contributed by atoms with E-state index in [1.807, 2.05) is 0 Å². The molecule has 0 amide bonds. The van der Waals surface area contributed by atoms with Gasteiger partial charge in [-0.05, 0) is 38.7 Å². The van der Waals surface area contributed by atoms with E-state index in [4.69, 9.17) is 22.3 Å². The van der Waals surface area contributed by atoms with E-state index in [1.165, 1.54) is 0 Å². The first-order chi connectivity index (χ1) is 6.95. The van der Waals surface area contributed by atoms with E-state index in [1.54, 1.807) is 0 Å². The first-order valence-corrected chi connectivity index (χ1v) is 4.67. The Morgan fingerprint density at radius 3 is 2.27 bits per heavy atom. The predicted octanol–water partition coefficient (Wildman–Crippen LogP) is -0.855. The van der Waals surface area contributed by atoms with Gasteiger partial charge in [0.15, 0.2) is 5.96 Å². The maximum atomic E-state index is 10.2. The second kappa shape index (κ2) is 11.4. The molecule has 0 saturated heterocycles. The predicted molar refractivity (Wildman–Crippen MR) is 64.6 cm³/mol. The number of aliphatic imine (C=N–C) groups is 1. The molecule has 1 unspecified atom stereocenters. The summed E-state index contributed by atoms with van der Waals surface area (Å²) >= 11 is 6.31. The van der Waals surface area contributed by atoms with Crippen LogP contribution in [0, 0.1) is 0 Å². The first-order valence-electron chi connectivity index (χ1n) is 3.94. The molecule has 0 spiro atoms. The van der Waals surface area contributed by atoms with Crippen molar-refractivity contribution in [1.82, 2.24) is 0 Å². The number of thiol groups is 2. The van der Waals surface area contributed by atoms with Crippen molar-refractivity contribution in [2.75, 3.05) is 6.54 Å². The minimum atomic E-state index is -1.00. The van der Waals surface area contributed by atoms with Crippen LogP contribution in [0.3, 0.4) is 0 Å².